The number of ether oxygens (including phenoxy) is 4. The minimum atomic E-state index is -0.959. The van der Waals surface area contributed by atoms with Crippen molar-refractivity contribution in [1.82, 2.24) is 0 Å². The Hall–Kier alpha value is -3.22. The van der Waals surface area contributed by atoms with Gasteiger partial charge in [0.25, 0.3) is 5.91 Å². The molecule has 4 rings (SSSR count). The van der Waals surface area contributed by atoms with E-state index in [1.54, 1.807) is 18.2 Å². The number of amides is 1. The highest BCUT2D eigenvalue weighted by atomic mass is 16.6. The van der Waals surface area contributed by atoms with Crippen molar-refractivity contribution in [3.8, 4) is 17.2 Å². The van der Waals surface area contributed by atoms with Gasteiger partial charge in [0.05, 0.1) is 0 Å². The molecule has 0 radical (unpaired) electrons. The Morgan fingerprint density at radius 2 is 1.83 bits per heavy atom. The van der Waals surface area contributed by atoms with E-state index < -0.39 is 18.0 Å². The van der Waals surface area contributed by atoms with Gasteiger partial charge in [-0.3, -0.25) is 4.79 Å². The third kappa shape index (κ3) is 4.62. The summed E-state index contributed by atoms with van der Waals surface area (Å²) in [4.78, 5) is 24.4. The number of aryl methyl sites for hydroxylation is 2. The number of fused-ring (bicyclic) bond motifs is 2. The third-order valence-corrected chi connectivity index (χ3v) is 4.91. The molecule has 152 valence electrons. The monoisotopic (exact) mass is 397 g/mol. The maximum Gasteiger partial charge on any atom is 0.344 e. The quantitative estimate of drug-likeness (QED) is 0.755. The molecule has 0 fully saturated rings. The number of carbonyl (C=O) groups is 2. The summed E-state index contributed by atoms with van der Waals surface area (Å²) in [5.41, 5.74) is 3.14. The van der Waals surface area contributed by atoms with Gasteiger partial charge < -0.3 is 24.3 Å². The predicted octanol–water partition coefficient (Wildman–Crippen LogP) is 2.90. The van der Waals surface area contributed by atoms with E-state index in [9.17, 15) is 9.59 Å². The Labute approximate surface area is 168 Å². The molecular formula is C22H23NO6. The first-order valence-electron chi connectivity index (χ1n) is 9.73. The molecule has 7 heteroatoms. The van der Waals surface area contributed by atoms with Gasteiger partial charge in [-0.2, -0.15) is 0 Å². The van der Waals surface area contributed by atoms with Crippen molar-refractivity contribution in [1.29, 1.82) is 0 Å². The second-order valence-electron chi connectivity index (χ2n) is 7.05. The molecule has 0 spiro atoms. The van der Waals surface area contributed by atoms with Crippen LogP contribution in [0.4, 0.5) is 5.69 Å². The Balaban J connectivity index is 1.26. The molecule has 1 atom stereocenters. The molecule has 29 heavy (non-hydrogen) atoms. The number of hydrogen-bond acceptors (Lipinski definition) is 6. The first-order chi connectivity index (χ1) is 14.1. The van der Waals surface area contributed by atoms with Gasteiger partial charge in [0.2, 0.25) is 0 Å². The Morgan fingerprint density at radius 1 is 1.03 bits per heavy atom. The summed E-state index contributed by atoms with van der Waals surface area (Å²) >= 11 is 0. The van der Waals surface area contributed by atoms with Gasteiger partial charge >= 0.3 is 5.97 Å². The molecule has 0 aromatic heterocycles. The first-order valence-corrected chi connectivity index (χ1v) is 9.73. The van der Waals surface area contributed by atoms with E-state index in [-0.39, 0.29) is 6.61 Å². The summed E-state index contributed by atoms with van der Waals surface area (Å²) in [6.45, 7) is 2.23. The van der Waals surface area contributed by atoms with Crippen molar-refractivity contribution in [3.05, 3.63) is 47.5 Å². The van der Waals surface area contributed by atoms with Crippen LogP contribution < -0.4 is 19.5 Å². The van der Waals surface area contributed by atoms with Gasteiger partial charge in [-0.15, -0.1) is 0 Å². The summed E-state index contributed by atoms with van der Waals surface area (Å²) in [7, 11) is 0. The zero-order chi connectivity index (χ0) is 20.2. The van der Waals surface area contributed by atoms with Crippen LogP contribution in [-0.2, 0) is 27.2 Å². The topological polar surface area (TPSA) is 83.1 Å². The van der Waals surface area contributed by atoms with Gasteiger partial charge in [-0.1, -0.05) is 6.07 Å². The molecule has 1 aliphatic carbocycles. The first kappa shape index (κ1) is 19.1. The highest BCUT2D eigenvalue weighted by Gasteiger charge is 2.20. The molecule has 2 aromatic rings. The molecule has 1 heterocycles. The predicted molar refractivity (Wildman–Crippen MR) is 106 cm³/mol. The lowest BCUT2D eigenvalue weighted by Gasteiger charge is -2.19. The standard InChI is InChI=1S/C22H23NO6/c1-14(22(25)23-17-6-8-19-20(12-17)27-10-9-26-19)29-21(24)13-28-18-7-5-15-3-2-4-16(15)11-18/h5-8,11-12,14H,2-4,9-10,13H2,1H3,(H,23,25)/t14-/m0/s1. The van der Waals surface area contributed by atoms with Crippen molar-refractivity contribution in [2.45, 2.75) is 32.3 Å². The van der Waals surface area contributed by atoms with Crippen LogP contribution in [0.25, 0.3) is 0 Å². The largest absolute Gasteiger partial charge is 0.486 e. The average molecular weight is 397 g/mol. The molecule has 0 bridgehead atoms. The molecule has 0 saturated carbocycles. The van der Waals surface area contributed by atoms with Gasteiger partial charge in [-0.05, 0) is 61.6 Å². The summed E-state index contributed by atoms with van der Waals surface area (Å²) < 4.78 is 21.6. The fraction of sp³-hybridized carbons (Fsp3) is 0.364. The number of esters is 1. The van der Waals surface area contributed by atoms with Gasteiger partial charge in [0.1, 0.15) is 19.0 Å². The minimum absolute atomic E-state index is 0.250. The van der Waals surface area contributed by atoms with Crippen LogP contribution in [0.3, 0.4) is 0 Å². The fourth-order valence-corrected chi connectivity index (χ4v) is 3.43. The molecule has 1 N–H and O–H groups in total. The molecule has 0 saturated heterocycles. The summed E-state index contributed by atoms with van der Waals surface area (Å²) in [5.74, 6) is 0.803. The van der Waals surface area contributed by atoms with E-state index in [4.69, 9.17) is 18.9 Å². The van der Waals surface area contributed by atoms with Crippen molar-refractivity contribution < 1.29 is 28.5 Å². The van der Waals surface area contributed by atoms with Crippen LogP contribution in [0.1, 0.15) is 24.5 Å². The fourth-order valence-electron chi connectivity index (χ4n) is 3.43. The molecule has 1 amide bonds. The smallest absolute Gasteiger partial charge is 0.344 e. The van der Waals surface area contributed by atoms with E-state index in [2.05, 4.69) is 5.32 Å². The highest BCUT2D eigenvalue weighted by molar-refractivity contribution is 5.95. The molecular weight excluding hydrogens is 374 g/mol. The van der Waals surface area contributed by atoms with Crippen LogP contribution in [0.2, 0.25) is 0 Å². The SMILES string of the molecule is C[C@H](OC(=O)COc1ccc2c(c1)CCC2)C(=O)Nc1ccc2c(c1)OCCO2. The van der Waals surface area contributed by atoms with Crippen LogP contribution in [0, 0.1) is 0 Å². The van der Waals surface area contributed by atoms with Gasteiger partial charge in [0.15, 0.2) is 24.2 Å². The van der Waals surface area contributed by atoms with Crippen LogP contribution in [0.15, 0.2) is 36.4 Å². The third-order valence-electron chi connectivity index (χ3n) is 4.91. The van der Waals surface area contributed by atoms with E-state index in [1.165, 1.54) is 18.1 Å². The van der Waals surface area contributed by atoms with Crippen LogP contribution >= 0.6 is 0 Å². The average Bonchev–Trinajstić information content (AvgIpc) is 3.20. The number of hydrogen-bond donors (Lipinski definition) is 1. The van der Waals surface area contributed by atoms with Crippen LogP contribution in [-0.4, -0.2) is 37.8 Å². The Bertz CT molecular complexity index is 926. The number of anilines is 1. The van der Waals surface area contributed by atoms with Crippen LogP contribution in [0.5, 0.6) is 17.2 Å². The Kier molecular flexibility index (Phi) is 5.55. The number of rotatable bonds is 6. The zero-order valence-electron chi connectivity index (χ0n) is 16.2. The number of nitrogens with one attached hydrogen (secondary N) is 1. The lowest BCUT2D eigenvalue weighted by Crippen LogP contribution is -2.31. The number of carbonyl (C=O) groups excluding carboxylic acids is 2. The van der Waals surface area contributed by atoms with Gasteiger partial charge in [-0.25, -0.2) is 4.79 Å². The van der Waals surface area contributed by atoms with E-state index in [0.29, 0.717) is 36.1 Å². The lowest BCUT2D eigenvalue weighted by molar-refractivity contribution is -0.155. The maximum absolute atomic E-state index is 12.3. The maximum atomic E-state index is 12.3. The molecule has 1 aliphatic heterocycles. The molecule has 0 unspecified atom stereocenters. The van der Waals surface area contributed by atoms with Crippen molar-refractivity contribution >= 4 is 17.6 Å². The summed E-state index contributed by atoms with van der Waals surface area (Å²) in [6, 6.07) is 11.0. The van der Waals surface area contributed by atoms with Crippen molar-refractivity contribution in [2.24, 2.45) is 0 Å². The molecule has 2 aromatic carbocycles. The van der Waals surface area contributed by atoms with Crippen molar-refractivity contribution in [2.75, 3.05) is 25.1 Å². The van der Waals surface area contributed by atoms with Crippen molar-refractivity contribution in [3.63, 3.8) is 0 Å². The summed E-state index contributed by atoms with van der Waals surface area (Å²) in [6.07, 6.45) is 2.32. The zero-order valence-corrected chi connectivity index (χ0v) is 16.2. The van der Waals surface area contributed by atoms with E-state index in [1.807, 2.05) is 18.2 Å². The highest BCUT2D eigenvalue weighted by Crippen LogP contribution is 2.32. The second kappa shape index (κ2) is 8.43. The molecule has 7 nitrogen and oxygen atoms in total. The minimum Gasteiger partial charge on any atom is -0.486 e. The van der Waals surface area contributed by atoms with E-state index >= 15 is 0 Å². The van der Waals surface area contributed by atoms with E-state index in [0.717, 1.165) is 19.3 Å². The molecule has 2 aliphatic rings. The lowest BCUT2D eigenvalue weighted by atomic mass is 10.1. The number of benzene rings is 2. The second-order valence-corrected chi connectivity index (χ2v) is 7.05. The Morgan fingerprint density at radius 3 is 2.69 bits per heavy atom. The summed E-state index contributed by atoms with van der Waals surface area (Å²) in [5, 5.41) is 2.71. The van der Waals surface area contributed by atoms with Gasteiger partial charge in [0, 0.05) is 11.8 Å². The normalized spacial score (nSPS) is 15.2.